The number of thiazole rings is 1. The van der Waals surface area contributed by atoms with E-state index < -0.39 is 51.4 Å². The Morgan fingerprint density at radius 3 is 2.44 bits per heavy atom. The zero-order valence-electron chi connectivity index (χ0n) is 20.6. The van der Waals surface area contributed by atoms with Gasteiger partial charge >= 0.3 is 11.0 Å². The lowest BCUT2D eigenvalue weighted by Crippen LogP contribution is -2.32. The number of hydrogen-bond acceptors (Lipinski definition) is 8. The maximum absolute atomic E-state index is 13.8. The number of imide groups is 1. The molecule has 14 heteroatoms. The molecule has 41 heavy (non-hydrogen) atoms. The highest BCUT2D eigenvalue weighted by atomic mass is 32.2. The van der Waals surface area contributed by atoms with Crippen molar-refractivity contribution in [3.05, 3.63) is 91.0 Å². The summed E-state index contributed by atoms with van der Waals surface area (Å²) in [6, 6.07) is 13.4. The van der Waals surface area contributed by atoms with E-state index in [2.05, 4.69) is 5.32 Å². The Hall–Kier alpha value is -3.88. The number of carbonyl (C=O) groups is 3. The molecular weight excluding hydrogens is 600 g/mol. The molecule has 0 spiro atoms. The van der Waals surface area contributed by atoms with Crippen molar-refractivity contribution in [3.63, 3.8) is 0 Å². The summed E-state index contributed by atoms with van der Waals surface area (Å²) in [5.41, 5.74) is -0.758. The van der Waals surface area contributed by atoms with Crippen LogP contribution in [-0.2, 0) is 27.1 Å². The van der Waals surface area contributed by atoms with E-state index in [4.69, 9.17) is 0 Å². The van der Waals surface area contributed by atoms with Gasteiger partial charge in [0.05, 0.1) is 22.2 Å². The topological polar surface area (TPSA) is 109 Å². The number of thiophene rings is 1. The number of hydrogen-bond donors (Lipinski definition) is 2. The van der Waals surface area contributed by atoms with Crippen molar-refractivity contribution in [2.24, 2.45) is 5.92 Å². The first-order valence-electron chi connectivity index (χ1n) is 12.1. The van der Waals surface area contributed by atoms with Crippen molar-refractivity contribution >= 4 is 63.5 Å². The lowest BCUT2D eigenvalue weighted by molar-refractivity contribution is -0.137. The van der Waals surface area contributed by atoms with Crippen molar-refractivity contribution < 1.29 is 32.7 Å². The highest BCUT2D eigenvalue weighted by molar-refractivity contribution is 8.00. The second-order valence-electron chi connectivity index (χ2n) is 9.34. The number of phenolic OH excluding ortho intramolecular Hbond substituents is 1. The van der Waals surface area contributed by atoms with E-state index >= 15 is 0 Å². The first-order valence-corrected chi connectivity index (χ1v) is 14.7. The molecule has 210 valence electrons. The van der Waals surface area contributed by atoms with Crippen molar-refractivity contribution in [2.75, 3.05) is 10.2 Å². The molecule has 0 aliphatic carbocycles. The van der Waals surface area contributed by atoms with Crippen molar-refractivity contribution in [1.82, 2.24) is 4.57 Å². The summed E-state index contributed by atoms with van der Waals surface area (Å²) in [5.74, 6) is -3.48. The van der Waals surface area contributed by atoms with Gasteiger partial charge in [-0.15, -0.1) is 11.3 Å². The number of aromatic nitrogens is 1. The van der Waals surface area contributed by atoms with Crippen LogP contribution in [0.15, 0.2) is 75.9 Å². The molecule has 1 fully saturated rings. The highest BCUT2D eigenvalue weighted by Crippen LogP contribution is 2.54. The lowest BCUT2D eigenvalue weighted by atomic mass is 9.87. The van der Waals surface area contributed by atoms with Gasteiger partial charge in [0, 0.05) is 21.4 Å². The van der Waals surface area contributed by atoms with E-state index in [-0.39, 0.29) is 18.0 Å². The Kier molecular flexibility index (Phi) is 6.78. The number of aromatic hydroxyl groups is 1. The monoisotopic (exact) mass is 617 g/mol. The van der Waals surface area contributed by atoms with Gasteiger partial charge in [-0.05, 0) is 53.9 Å². The third-order valence-electron chi connectivity index (χ3n) is 6.78. The minimum absolute atomic E-state index is 0.0200. The molecule has 2 aliphatic heterocycles. The quantitative estimate of drug-likeness (QED) is 0.238. The Morgan fingerprint density at radius 1 is 1.00 bits per heavy atom. The van der Waals surface area contributed by atoms with Gasteiger partial charge in [-0.3, -0.25) is 23.7 Å². The molecule has 0 bridgehead atoms. The number of benzene rings is 2. The Bertz CT molecular complexity index is 1730. The zero-order chi connectivity index (χ0) is 29.1. The van der Waals surface area contributed by atoms with Crippen LogP contribution in [0.5, 0.6) is 5.75 Å². The average Bonchev–Trinajstić information content (AvgIpc) is 3.62. The minimum Gasteiger partial charge on any atom is -0.508 e. The van der Waals surface area contributed by atoms with E-state index in [0.717, 1.165) is 51.1 Å². The van der Waals surface area contributed by atoms with Crippen LogP contribution in [0.25, 0.3) is 0 Å². The predicted molar refractivity (Wildman–Crippen MR) is 149 cm³/mol. The van der Waals surface area contributed by atoms with Crippen LogP contribution in [0.4, 0.5) is 24.5 Å². The zero-order valence-corrected chi connectivity index (χ0v) is 23.1. The molecule has 4 heterocycles. The smallest absolute Gasteiger partial charge is 0.416 e. The van der Waals surface area contributed by atoms with Crippen LogP contribution in [0.2, 0.25) is 0 Å². The maximum atomic E-state index is 13.8. The summed E-state index contributed by atoms with van der Waals surface area (Å²) in [7, 11) is 0. The van der Waals surface area contributed by atoms with Gasteiger partial charge in [0.2, 0.25) is 17.7 Å². The van der Waals surface area contributed by atoms with Crippen molar-refractivity contribution in [2.45, 2.75) is 28.9 Å². The average molecular weight is 618 g/mol. The first kappa shape index (κ1) is 27.3. The van der Waals surface area contributed by atoms with E-state index in [9.17, 15) is 37.5 Å². The molecule has 2 N–H and O–H groups in total. The molecule has 6 rings (SSSR count). The van der Waals surface area contributed by atoms with Crippen molar-refractivity contribution in [3.8, 4) is 5.75 Å². The first-order chi connectivity index (χ1) is 19.5. The Labute approximate surface area is 242 Å². The molecule has 2 aliphatic rings. The summed E-state index contributed by atoms with van der Waals surface area (Å²) >= 11 is 3.19. The normalized spacial score (nSPS) is 20.2. The Morgan fingerprint density at radius 2 is 1.76 bits per heavy atom. The molecular formula is C27H18F3N3O5S3. The SMILES string of the molecule is O=C(Cn1c2c(sc1=O)[C@H](c1cccs1)C1C(=O)N(c3cccc(C(F)(F)F)c3)C(=O)C1S2)Nc1ccc(O)cc1. The molecule has 0 radical (unpaired) electrons. The highest BCUT2D eigenvalue weighted by Gasteiger charge is 2.57. The number of thioether (sulfide) groups is 1. The lowest BCUT2D eigenvalue weighted by Gasteiger charge is -2.29. The summed E-state index contributed by atoms with van der Waals surface area (Å²) in [5, 5.41) is 13.3. The molecule has 4 aromatic rings. The molecule has 2 unspecified atom stereocenters. The third kappa shape index (κ3) is 4.85. The number of nitrogens with one attached hydrogen (secondary N) is 1. The van der Waals surface area contributed by atoms with Gasteiger partial charge in [-0.1, -0.05) is 35.2 Å². The minimum atomic E-state index is -4.66. The number of anilines is 2. The van der Waals surface area contributed by atoms with Gasteiger partial charge in [0.25, 0.3) is 0 Å². The number of carbonyl (C=O) groups excluding carboxylic acids is 3. The van der Waals surface area contributed by atoms with E-state index in [1.54, 1.807) is 17.5 Å². The third-order valence-corrected chi connectivity index (χ3v) is 10.3. The molecule has 1 saturated heterocycles. The molecule has 8 nitrogen and oxygen atoms in total. The summed E-state index contributed by atoms with van der Waals surface area (Å²) in [4.78, 5) is 55.0. The van der Waals surface area contributed by atoms with Gasteiger partial charge in [0.15, 0.2) is 0 Å². The number of alkyl halides is 3. The standard InChI is InChI=1S/C27H18F3N3O5S3/c28-27(29,30)13-3-1-4-15(11-13)33-23(36)20-19(17-5-2-10-39-17)22-25(40-21(20)24(33)37)32(26(38)41-22)12-18(35)31-14-6-8-16(34)9-7-14/h1-11,19-21,34H,12H2,(H,31,35)/t19-,20?,21?/m1/s1. The van der Waals surface area contributed by atoms with E-state index in [1.807, 2.05) is 0 Å². The second kappa shape index (κ2) is 10.2. The number of halogens is 3. The predicted octanol–water partition coefficient (Wildman–Crippen LogP) is 5.13. The van der Waals surface area contributed by atoms with E-state index in [1.165, 1.54) is 46.2 Å². The number of phenols is 1. The number of fused-ring (bicyclic) bond motifs is 2. The molecule has 3 atom stereocenters. The second-order valence-corrected chi connectivity index (χ2v) is 12.4. The van der Waals surface area contributed by atoms with Crippen molar-refractivity contribution in [1.29, 1.82) is 0 Å². The van der Waals surface area contributed by atoms with Gasteiger partial charge in [0.1, 0.15) is 17.5 Å². The van der Waals surface area contributed by atoms with Crippen LogP contribution in [-0.4, -0.2) is 32.6 Å². The van der Waals surface area contributed by atoms with Gasteiger partial charge < -0.3 is 10.4 Å². The summed E-state index contributed by atoms with van der Waals surface area (Å²) in [6.07, 6.45) is -4.66. The fourth-order valence-electron chi connectivity index (χ4n) is 4.99. The molecule has 3 amide bonds. The van der Waals surface area contributed by atoms with Crippen LogP contribution in [0, 0.1) is 5.92 Å². The van der Waals surface area contributed by atoms with Crippen LogP contribution >= 0.6 is 34.4 Å². The fourth-order valence-corrected chi connectivity index (χ4v) is 8.72. The van der Waals surface area contributed by atoms with Gasteiger partial charge in [-0.25, -0.2) is 4.90 Å². The van der Waals surface area contributed by atoms with Crippen LogP contribution < -0.4 is 15.1 Å². The fraction of sp³-hybridized carbons (Fsp3) is 0.185. The molecule has 0 saturated carbocycles. The summed E-state index contributed by atoms with van der Waals surface area (Å²) < 4.78 is 41.5. The van der Waals surface area contributed by atoms with Crippen LogP contribution in [0.1, 0.15) is 21.2 Å². The van der Waals surface area contributed by atoms with Crippen LogP contribution in [0.3, 0.4) is 0 Å². The number of nitrogens with zero attached hydrogens (tertiary/aromatic N) is 2. The Balaban J connectivity index is 1.38. The summed E-state index contributed by atoms with van der Waals surface area (Å²) in [6.45, 7) is -0.368. The number of rotatable bonds is 5. The number of amides is 3. The van der Waals surface area contributed by atoms with E-state index in [0.29, 0.717) is 15.6 Å². The maximum Gasteiger partial charge on any atom is 0.416 e. The molecule has 2 aromatic carbocycles. The largest absolute Gasteiger partial charge is 0.508 e. The van der Waals surface area contributed by atoms with Gasteiger partial charge in [-0.2, -0.15) is 13.2 Å². The molecule has 2 aromatic heterocycles.